The maximum Gasteiger partial charge on any atom is 0.313 e. The van der Waals surface area contributed by atoms with Crippen LogP contribution in [-0.4, -0.2) is 18.4 Å². The SMILES string of the molecule is CC(=O)CC(=O)OCCC(C#N)c1ccc(C)c(Cl)c1. The molecule has 0 aliphatic rings. The van der Waals surface area contributed by atoms with E-state index in [2.05, 4.69) is 6.07 Å². The van der Waals surface area contributed by atoms with Gasteiger partial charge in [0.2, 0.25) is 0 Å². The van der Waals surface area contributed by atoms with Crippen LogP contribution in [-0.2, 0) is 14.3 Å². The summed E-state index contributed by atoms with van der Waals surface area (Å²) in [5.74, 6) is -1.19. The van der Waals surface area contributed by atoms with Crippen molar-refractivity contribution in [2.75, 3.05) is 6.61 Å². The maximum atomic E-state index is 11.2. The van der Waals surface area contributed by atoms with Gasteiger partial charge in [0.1, 0.15) is 12.2 Å². The average Bonchev–Trinajstić information content (AvgIpc) is 2.37. The van der Waals surface area contributed by atoms with Crippen molar-refractivity contribution in [1.82, 2.24) is 0 Å². The molecule has 0 fully saturated rings. The first-order valence-electron chi connectivity index (χ1n) is 6.24. The Labute approximate surface area is 123 Å². The van der Waals surface area contributed by atoms with Crippen LogP contribution in [0.5, 0.6) is 0 Å². The molecule has 1 atom stereocenters. The fourth-order valence-corrected chi connectivity index (χ4v) is 1.87. The number of carbonyl (C=O) groups excluding carboxylic acids is 2. The highest BCUT2D eigenvalue weighted by molar-refractivity contribution is 6.31. The first-order valence-corrected chi connectivity index (χ1v) is 6.62. The van der Waals surface area contributed by atoms with Crippen LogP contribution in [0.1, 0.15) is 36.8 Å². The van der Waals surface area contributed by atoms with Crippen molar-refractivity contribution in [2.24, 2.45) is 0 Å². The second kappa shape index (κ2) is 7.66. The minimum absolute atomic E-state index is 0.107. The van der Waals surface area contributed by atoms with Crippen LogP contribution >= 0.6 is 11.6 Å². The molecule has 5 heteroatoms. The van der Waals surface area contributed by atoms with Crippen LogP contribution in [0.2, 0.25) is 5.02 Å². The van der Waals surface area contributed by atoms with Gasteiger partial charge in [0.25, 0.3) is 0 Å². The van der Waals surface area contributed by atoms with Gasteiger partial charge in [-0.1, -0.05) is 23.7 Å². The summed E-state index contributed by atoms with van der Waals surface area (Å²) >= 11 is 6.02. The molecular weight excluding hydrogens is 278 g/mol. The number of Topliss-reactive ketones (excluding diaryl/α,β-unsaturated/α-hetero) is 1. The summed E-state index contributed by atoms with van der Waals surface area (Å²) in [4.78, 5) is 21.9. The Morgan fingerprint density at radius 3 is 2.70 bits per heavy atom. The van der Waals surface area contributed by atoms with Gasteiger partial charge in [-0.25, -0.2) is 0 Å². The molecular formula is C15H16ClNO3. The second-order valence-corrected chi connectivity index (χ2v) is 4.99. The first-order chi connectivity index (χ1) is 9.43. The van der Waals surface area contributed by atoms with Gasteiger partial charge in [-0.15, -0.1) is 0 Å². The topological polar surface area (TPSA) is 67.2 Å². The summed E-state index contributed by atoms with van der Waals surface area (Å²) in [6, 6.07) is 7.61. The second-order valence-electron chi connectivity index (χ2n) is 4.58. The van der Waals surface area contributed by atoms with Crippen molar-refractivity contribution in [3.05, 3.63) is 34.3 Å². The smallest absolute Gasteiger partial charge is 0.313 e. The minimum Gasteiger partial charge on any atom is -0.465 e. The lowest BCUT2D eigenvalue weighted by molar-refractivity contribution is -0.145. The van der Waals surface area contributed by atoms with Gasteiger partial charge in [0, 0.05) is 11.4 Å². The maximum absolute atomic E-state index is 11.2. The molecule has 1 unspecified atom stereocenters. The molecule has 0 spiro atoms. The number of hydrogen-bond acceptors (Lipinski definition) is 4. The fraction of sp³-hybridized carbons (Fsp3) is 0.400. The zero-order chi connectivity index (χ0) is 15.1. The Morgan fingerprint density at radius 2 is 2.15 bits per heavy atom. The van der Waals surface area contributed by atoms with Crippen molar-refractivity contribution in [3.63, 3.8) is 0 Å². The zero-order valence-electron chi connectivity index (χ0n) is 11.5. The molecule has 0 saturated heterocycles. The van der Waals surface area contributed by atoms with Gasteiger partial charge in [0.05, 0.1) is 18.6 Å². The van der Waals surface area contributed by atoms with Crippen molar-refractivity contribution in [1.29, 1.82) is 5.26 Å². The van der Waals surface area contributed by atoms with Crippen LogP contribution in [0.3, 0.4) is 0 Å². The molecule has 0 aliphatic carbocycles. The van der Waals surface area contributed by atoms with E-state index in [1.807, 2.05) is 19.1 Å². The highest BCUT2D eigenvalue weighted by Crippen LogP contribution is 2.24. The van der Waals surface area contributed by atoms with E-state index in [-0.39, 0.29) is 18.8 Å². The number of nitrogens with zero attached hydrogens (tertiary/aromatic N) is 1. The third-order valence-electron chi connectivity index (χ3n) is 2.82. The lowest BCUT2D eigenvalue weighted by Crippen LogP contribution is -2.11. The number of rotatable bonds is 6. The molecule has 0 aliphatic heterocycles. The number of esters is 1. The summed E-state index contributed by atoms with van der Waals surface area (Å²) in [6.07, 6.45) is 0.146. The molecule has 0 amide bonds. The number of ether oxygens (including phenoxy) is 1. The van der Waals surface area contributed by atoms with E-state index in [1.165, 1.54) is 6.92 Å². The number of ketones is 1. The van der Waals surface area contributed by atoms with Crippen molar-refractivity contribution < 1.29 is 14.3 Å². The van der Waals surface area contributed by atoms with E-state index in [9.17, 15) is 9.59 Å². The predicted molar refractivity (Wildman–Crippen MR) is 75.4 cm³/mol. The van der Waals surface area contributed by atoms with Crippen LogP contribution in [0, 0.1) is 18.3 Å². The summed E-state index contributed by atoms with van der Waals surface area (Å²) < 4.78 is 4.92. The van der Waals surface area contributed by atoms with E-state index in [0.717, 1.165) is 11.1 Å². The molecule has 0 N–H and O–H groups in total. The predicted octanol–water partition coefficient (Wildman–Crippen LogP) is 3.17. The van der Waals surface area contributed by atoms with E-state index in [1.54, 1.807) is 6.07 Å². The van der Waals surface area contributed by atoms with Crippen molar-refractivity contribution in [3.8, 4) is 6.07 Å². The summed E-state index contributed by atoms with van der Waals surface area (Å²) in [7, 11) is 0. The molecule has 0 saturated carbocycles. The molecule has 0 radical (unpaired) electrons. The Kier molecular flexibility index (Phi) is 6.20. The van der Waals surface area contributed by atoms with Crippen LogP contribution < -0.4 is 0 Å². The van der Waals surface area contributed by atoms with E-state index in [0.29, 0.717) is 11.4 Å². The van der Waals surface area contributed by atoms with Gasteiger partial charge >= 0.3 is 5.97 Å². The van der Waals surface area contributed by atoms with Crippen LogP contribution in [0.25, 0.3) is 0 Å². The van der Waals surface area contributed by atoms with Gasteiger partial charge in [-0.3, -0.25) is 9.59 Å². The number of hydrogen-bond donors (Lipinski definition) is 0. The van der Waals surface area contributed by atoms with Crippen LogP contribution in [0.15, 0.2) is 18.2 Å². The number of nitriles is 1. The van der Waals surface area contributed by atoms with E-state index >= 15 is 0 Å². The summed E-state index contributed by atoms with van der Waals surface area (Å²) in [5, 5.41) is 9.77. The molecule has 106 valence electrons. The Hall–Kier alpha value is -1.86. The largest absolute Gasteiger partial charge is 0.465 e. The normalized spacial score (nSPS) is 11.5. The van der Waals surface area contributed by atoms with E-state index in [4.69, 9.17) is 21.6 Å². The van der Waals surface area contributed by atoms with E-state index < -0.39 is 11.9 Å². The lowest BCUT2D eigenvalue weighted by Gasteiger charge is -2.11. The fourth-order valence-electron chi connectivity index (χ4n) is 1.68. The highest BCUT2D eigenvalue weighted by Gasteiger charge is 2.13. The van der Waals surface area contributed by atoms with Crippen LogP contribution in [0.4, 0.5) is 0 Å². The molecule has 20 heavy (non-hydrogen) atoms. The number of carbonyl (C=O) groups is 2. The molecule has 4 nitrogen and oxygen atoms in total. The third kappa shape index (κ3) is 5.02. The average molecular weight is 294 g/mol. The molecule has 0 aromatic heterocycles. The Morgan fingerprint density at radius 1 is 1.45 bits per heavy atom. The number of halogens is 1. The van der Waals surface area contributed by atoms with Gasteiger partial charge in [0.15, 0.2) is 0 Å². The zero-order valence-corrected chi connectivity index (χ0v) is 12.2. The quantitative estimate of drug-likeness (QED) is 0.597. The standard InChI is InChI=1S/C15H16ClNO3/c1-10-3-4-12(8-14(10)16)13(9-17)5-6-20-15(19)7-11(2)18/h3-4,8,13H,5-7H2,1-2H3. The monoisotopic (exact) mass is 293 g/mol. The minimum atomic E-state index is -0.559. The summed E-state index contributed by atoms with van der Waals surface area (Å²) in [6.45, 7) is 3.32. The molecule has 0 bridgehead atoms. The highest BCUT2D eigenvalue weighted by atomic mass is 35.5. The Balaban J connectivity index is 2.56. The molecule has 1 rings (SSSR count). The third-order valence-corrected chi connectivity index (χ3v) is 3.22. The molecule has 1 aromatic rings. The van der Waals surface area contributed by atoms with Crippen molar-refractivity contribution in [2.45, 2.75) is 32.6 Å². The number of benzene rings is 1. The van der Waals surface area contributed by atoms with Gasteiger partial charge in [-0.2, -0.15) is 5.26 Å². The molecule has 1 aromatic carbocycles. The van der Waals surface area contributed by atoms with Crippen molar-refractivity contribution >= 4 is 23.4 Å². The Bertz CT molecular complexity index is 549. The molecule has 0 heterocycles. The first kappa shape index (κ1) is 16.2. The summed E-state index contributed by atoms with van der Waals surface area (Å²) in [5.41, 5.74) is 1.74. The van der Waals surface area contributed by atoms with Gasteiger partial charge < -0.3 is 4.74 Å². The number of aryl methyl sites for hydroxylation is 1. The van der Waals surface area contributed by atoms with Gasteiger partial charge in [-0.05, 0) is 31.0 Å². The lowest BCUT2D eigenvalue weighted by atomic mass is 9.97.